The number of rotatable bonds is 7. The topological polar surface area (TPSA) is 58.6 Å². The van der Waals surface area contributed by atoms with Crippen LogP contribution in [0, 0.1) is 11.8 Å². The van der Waals surface area contributed by atoms with Gasteiger partial charge in [-0.1, -0.05) is 24.0 Å². The molecule has 1 amide bonds. The van der Waals surface area contributed by atoms with Crippen LogP contribution in [0.3, 0.4) is 0 Å². The van der Waals surface area contributed by atoms with Crippen molar-refractivity contribution in [1.29, 1.82) is 0 Å². The minimum absolute atomic E-state index is 0.0406. The molecule has 4 heteroatoms. The van der Waals surface area contributed by atoms with Crippen LogP contribution >= 0.6 is 0 Å². The lowest BCUT2D eigenvalue weighted by Crippen LogP contribution is -2.13. The Morgan fingerprint density at radius 1 is 1.40 bits per heavy atom. The Hall–Kier alpha value is -1.83. The molecule has 1 aromatic rings. The zero-order valence-electron chi connectivity index (χ0n) is 11.8. The first-order chi connectivity index (χ1) is 9.77. The number of carbonyl (C=O) groups excluding carboxylic acids is 1. The number of hydrogen-bond acceptors (Lipinski definition) is 3. The lowest BCUT2D eigenvalue weighted by molar-refractivity contribution is -0.116. The molecule has 20 heavy (non-hydrogen) atoms. The molecule has 0 aromatic heterocycles. The number of amides is 1. The van der Waals surface area contributed by atoms with Gasteiger partial charge in [-0.15, -0.1) is 0 Å². The van der Waals surface area contributed by atoms with Crippen LogP contribution in [-0.4, -0.2) is 30.8 Å². The molecular weight excluding hydrogens is 254 g/mol. The van der Waals surface area contributed by atoms with Crippen LogP contribution in [0.5, 0.6) is 0 Å². The van der Waals surface area contributed by atoms with Gasteiger partial charge in [0.15, 0.2) is 0 Å². The third-order valence-electron chi connectivity index (χ3n) is 2.56. The molecule has 4 nitrogen and oxygen atoms in total. The van der Waals surface area contributed by atoms with Crippen LogP contribution < -0.4 is 5.32 Å². The maximum atomic E-state index is 11.8. The molecule has 0 saturated heterocycles. The molecule has 0 aliphatic carbocycles. The van der Waals surface area contributed by atoms with E-state index in [1.54, 1.807) is 0 Å². The van der Waals surface area contributed by atoms with E-state index >= 15 is 0 Å². The molecule has 0 heterocycles. The summed E-state index contributed by atoms with van der Waals surface area (Å²) in [4.78, 5) is 11.8. The van der Waals surface area contributed by atoms with Gasteiger partial charge in [0.05, 0.1) is 12.3 Å². The number of para-hydroxylation sites is 1. The molecule has 1 aromatic carbocycles. The van der Waals surface area contributed by atoms with Crippen molar-refractivity contribution in [3.8, 4) is 11.8 Å². The fourth-order valence-electron chi connectivity index (χ4n) is 1.61. The van der Waals surface area contributed by atoms with Crippen molar-refractivity contribution in [2.75, 3.05) is 25.1 Å². The molecule has 2 N–H and O–H groups in total. The molecular formula is C16H21NO3. The van der Waals surface area contributed by atoms with Crippen molar-refractivity contribution < 1.29 is 14.6 Å². The van der Waals surface area contributed by atoms with Crippen LogP contribution in [-0.2, 0) is 9.53 Å². The van der Waals surface area contributed by atoms with Gasteiger partial charge >= 0.3 is 0 Å². The number of ether oxygens (including phenoxy) is 1. The minimum Gasteiger partial charge on any atom is -0.395 e. The van der Waals surface area contributed by atoms with E-state index in [0.29, 0.717) is 38.2 Å². The van der Waals surface area contributed by atoms with Gasteiger partial charge in [0.1, 0.15) is 0 Å². The van der Waals surface area contributed by atoms with Gasteiger partial charge in [-0.05, 0) is 25.5 Å². The van der Waals surface area contributed by atoms with E-state index in [2.05, 4.69) is 17.2 Å². The van der Waals surface area contributed by atoms with E-state index in [1.807, 2.05) is 31.2 Å². The average molecular weight is 275 g/mol. The highest BCUT2D eigenvalue weighted by Crippen LogP contribution is 2.14. The first kappa shape index (κ1) is 16.2. The highest BCUT2D eigenvalue weighted by Gasteiger charge is 2.04. The van der Waals surface area contributed by atoms with Crippen molar-refractivity contribution in [3.63, 3.8) is 0 Å². The van der Waals surface area contributed by atoms with Gasteiger partial charge in [0, 0.05) is 31.6 Å². The Kier molecular flexibility index (Phi) is 8.13. The molecule has 0 spiro atoms. The lowest BCUT2D eigenvalue weighted by atomic mass is 10.1. The van der Waals surface area contributed by atoms with Crippen molar-refractivity contribution in [1.82, 2.24) is 0 Å². The number of anilines is 1. The van der Waals surface area contributed by atoms with Crippen molar-refractivity contribution in [2.45, 2.75) is 26.2 Å². The molecule has 1 rings (SSSR count). The van der Waals surface area contributed by atoms with Crippen LogP contribution in [0.2, 0.25) is 0 Å². The fourth-order valence-corrected chi connectivity index (χ4v) is 1.61. The summed E-state index contributed by atoms with van der Waals surface area (Å²) < 4.78 is 5.20. The quantitative estimate of drug-likeness (QED) is 0.592. The Bertz CT molecular complexity index is 474. The highest BCUT2D eigenvalue weighted by molar-refractivity contribution is 5.92. The Labute approximate surface area is 120 Å². The van der Waals surface area contributed by atoms with Gasteiger partial charge in [0.2, 0.25) is 5.91 Å². The molecule has 0 saturated carbocycles. The monoisotopic (exact) mass is 275 g/mol. The van der Waals surface area contributed by atoms with E-state index < -0.39 is 0 Å². The Balaban J connectivity index is 2.54. The molecule has 0 fully saturated rings. The second kappa shape index (κ2) is 10.0. The maximum absolute atomic E-state index is 11.8. The van der Waals surface area contributed by atoms with Crippen LogP contribution in [0.25, 0.3) is 0 Å². The summed E-state index contributed by atoms with van der Waals surface area (Å²) in [5.74, 6) is 5.76. The molecule has 0 aliphatic rings. The van der Waals surface area contributed by atoms with Crippen molar-refractivity contribution in [2.24, 2.45) is 0 Å². The van der Waals surface area contributed by atoms with Gasteiger partial charge in [0.25, 0.3) is 0 Å². The van der Waals surface area contributed by atoms with E-state index in [4.69, 9.17) is 9.84 Å². The highest BCUT2D eigenvalue weighted by atomic mass is 16.5. The normalized spacial score (nSPS) is 9.70. The number of aliphatic hydroxyl groups excluding tert-OH is 1. The van der Waals surface area contributed by atoms with Crippen LogP contribution in [0.15, 0.2) is 24.3 Å². The van der Waals surface area contributed by atoms with Gasteiger partial charge in [-0.25, -0.2) is 0 Å². The number of benzene rings is 1. The molecule has 0 atom stereocenters. The maximum Gasteiger partial charge on any atom is 0.224 e. The Morgan fingerprint density at radius 2 is 2.20 bits per heavy atom. The minimum atomic E-state index is -0.0406. The SMILES string of the molecule is CCOCCCC(=O)Nc1ccccc1C#CCCO. The largest absolute Gasteiger partial charge is 0.395 e. The summed E-state index contributed by atoms with van der Waals surface area (Å²) in [6.07, 6.45) is 1.56. The molecule has 0 unspecified atom stereocenters. The van der Waals surface area contributed by atoms with Gasteiger partial charge in [-0.3, -0.25) is 4.79 Å². The van der Waals surface area contributed by atoms with E-state index in [0.717, 1.165) is 5.56 Å². The smallest absolute Gasteiger partial charge is 0.224 e. The number of nitrogens with one attached hydrogen (secondary N) is 1. The average Bonchev–Trinajstić information content (AvgIpc) is 2.46. The summed E-state index contributed by atoms with van der Waals surface area (Å²) in [5.41, 5.74) is 1.47. The standard InChI is InChI=1S/C16H21NO3/c1-2-20-13-7-11-16(19)17-15-10-4-3-8-14(15)9-5-6-12-18/h3-4,8,10,18H,2,6-7,11-13H2,1H3,(H,17,19). The molecule has 108 valence electrons. The zero-order valence-corrected chi connectivity index (χ0v) is 11.8. The van der Waals surface area contributed by atoms with Gasteiger partial charge in [-0.2, -0.15) is 0 Å². The van der Waals surface area contributed by atoms with Gasteiger partial charge < -0.3 is 15.2 Å². The summed E-state index contributed by atoms with van der Waals surface area (Å²) in [6, 6.07) is 7.39. The van der Waals surface area contributed by atoms with E-state index in [9.17, 15) is 4.79 Å². The summed E-state index contributed by atoms with van der Waals surface area (Å²) in [6.45, 7) is 3.24. The summed E-state index contributed by atoms with van der Waals surface area (Å²) in [7, 11) is 0. The number of carbonyl (C=O) groups is 1. The van der Waals surface area contributed by atoms with Crippen LogP contribution in [0.4, 0.5) is 5.69 Å². The predicted molar refractivity (Wildman–Crippen MR) is 79.4 cm³/mol. The second-order valence-corrected chi connectivity index (χ2v) is 4.17. The summed E-state index contributed by atoms with van der Waals surface area (Å²) >= 11 is 0. The van der Waals surface area contributed by atoms with E-state index in [1.165, 1.54) is 0 Å². The van der Waals surface area contributed by atoms with Crippen LogP contribution in [0.1, 0.15) is 31.7 Å². The second-order valence-electron chi connectivity index (χ2n) is 4.17. The van der Waals surface area contributed by atoms with Crippen molar-refractivity contribution >= 4 is 11.6 Å². The lowest BCUT2D eigenvalue weighted by Gasteiger charge is -2.07. The number of hydrogen-bond donors (Lipinski definition) is 2. The fraction of sp³-hybridized carbons (Fsp3) is 0.438. The zero-order chi connectivity index (χ0) is 14.6. The predicted octanol–water partition coefficient (Wildman–Crippen LogP) is 2.18. The van der Waals surface area contributed by atoms with E-state index in [-0.39, 0.29) is 12.5 Å². The molecule has 0 radical (unpaired) electrons. The Morgan fingerprint density at radius 3 is 2.95 bits per heavy atom. The summed E-state index contributed by atoms with van der Waals surface area (Å²) in [5, 5.41) is 11.6. The van der Waals surface area contributed by atoms with Crippen molar-refractivity contribution in [3.05, 3.63) is 29.8 Å². The first-order valence-corrected chi connectivity index (χ1v) is 6.84. The molecule has 0 aliphatic heterocycles. The number of aliphatic hydroxyl groups is 1. The molecule has 0 bridgehead atoms. The third kappa shape index (κ3) is 6.37. The third-order valence-corrected chi connectivity index (χ3v) is 2.56. The first-order valence-electron chi connectivity index (χ1n) is 6.84.